The molecule has 0 bridgehead atoms. The topological polar surface area (TPSA) is 55.1 Å². The quantitative estimate of drug-likeness (QED) is 0.653. The average molecular weight is 338 g/mol. The molecule has 2 unspecified atom stereocenters. The van der Waals surface area contributed by atoms with Gasteiger partial charge in [0.05, 0.1) is 0 Å². The van der Waals surface area contributed by atoms with Crippen LogP contribution in [0.25, 0.3) is 0 Å². The van der Waals surface area contributed by atoms with E-state index in [9.17, 15) is 4.21 Å². The molecule has 0 radical (unpaired) electrons. The molecule has 0 aromatic heterocycles. The molecular weight excluding hydrogens is 323 g/mol. The molecule has 2 atom stereocenters. The Morgan fingerprint density at radius 1 is 1.60 bits per heavy atom. The van der Waals surface area contributed by atoms with Crippen molar-refractivity contribution < 1.29 is 4.21 Å². The molecule has 1 aromatic rings. The van der Waals surface area contributed by atoms with Gasteiger partial charge in [-0.3, -0.25) is 4.21 Å². The maximum Gasteiger partial charge on any atom is 0.0479 e. The van der Waals surface area contributed by atoms with Crippen molar-refractivity contribution in [2.45, 2.75) is 13.0 Å². The van der Waals surface area contributed by atoms with Crippen LogP contribution < -0.4 is 11.1 Å². The lowest BCUT2D eigenvalue weighted by atomic mass is 10.2. The number of nitrogens with two attached hydrogens (primary N) is 1. The van der Waals surface area contributed by atoms with E-state index in [1.165, 1.54) is 0 Å². The van der Waals surface area contributed by atoms with Gasteiger partial charge in [-0.15, -0.1) is 0 Å². The van der Waals surface area contributed by atoms with E-state index in [-0.39, 0.29) is 6.04 Å². The molecule has 0 aliphatic heterocycles. The predicted molar refractivity (Wildman–Crippen MR) is 75.6 cm³/mol. The van der Waals surface area contributed by atoms with Crippen LogP contribution in [0.4, 0.5) is 11.4 Å². The molecule has 84 valence electrons. The van der Waals surface area contributed by atoms with Crippen molar-refractivity contribution in [3.63, 3.8) is 0 Å². The van der Waals surface area contributed by atoms with E-state index >= 15 is 0 Å². The standard InChI is InChI=1S/C10H15IN2OS/c1-7(6-15(2)14)13-10-4-3-8(12)5-9(10)11/h3-5,7,13H,6,12H2,1-2H3. The third kappa shape index (κ3) is 4.38. The summed E-state index contributed by atoms with van der Waals surface area (Å²) in [6.07, 6.45) is 1.71. The molecule has 1 aromatic carbocycles. The summed E-state index contributed by atoms with van der Waals surface area (Å²) in [5, 5.41) is 3.31. The lowest BCUT2D eigenvalue weighted by Crippen LogP contribution is -2.22. The molecule has 3 N–H and O–H groups in total. The summed E-state index contributed by atoms with van der Waals surface area (Å²) >= 11 is 2.23. The van der Waals surface area contributed by atoms with Gasteiger partial charge in [-0.05, 0) is 47.7 Å². The number of nitrogen functional groups attached to an aromatic ring is 1. The van der Waals surface area contributed by atoms with E-state index in [1.807, 2.05) is 25.1 Å². The van der Waals surface area contributed by atoms with Crippen LogP contribution in [0.5, 0.6) is 0 Å². The van der Waals surface area contributed by atoms with Crippen LogP contribution in [0, 0.1) is 3.57 Å². The highest BCUT2D eigenvalue weighted by Crippen LogP contribution is 2.21. The Bertz CT molecular complexity index is 370. The fourth-order valence-electron chi connectivity index (χ4n) is 1.31. The second kappa shape index (κ2) is 5.69. The lowest BCUT2D eigenvalue weighted by molar-refractivity contribution is 0.683. The Kier molecular flexibility index (Phi) is 4.85. The Morgan fingerprint density at radius 3 is 2.80 bits per heavy atom. The van der Waals surface area contributed by atoms with E-state index < -0.39 is 10.8 Å². The first-order chi connectivity index (χ1) is 6.99. The summed E-state index contributed by atoms with van der Waals surface area (Å²) in [6, 6.07) is 5.93. The van der Waals surface area contributed by atoms with Crippen LogP contribution in [-0.4, -0.2) is 22.3 Å². The number of nitrogens with one attached hydrogen (secondary N) is 1. The van der Waals surface area contributed by atoms with Crippen LogP contribution in [-0.2, 0) is 10.8 Å². The van der Waals surface area contributed by atoms with Crippen molar-refractivity contribution in [2.75, 3.05) is 23.1 Å². The molecular formula is C10H15IN2OS. The fourth-order valence-corrected chi connectivity index (χ4v) is 2.79. The van der Waals surface area contributed by atoms with Crippen molar-refractivity contribution in [2.24, 2.45) is 0 Å². The van der Waals surface area contributed by atoms with E-state index in [4.69, 9.17) is 5.73 Å². The van der Waals surface area contributed by atoms with Crippen molar-refractivity contribution in [3.05, 3.63) is 21.8 Å². The molecule has 0 saturated heterocycles. The summed E-state index contributed by atoms with van der Waals surface area (Å²) in [7, 11) is -0.770. The fraction of sp³-hybridized carbons (Fsp3) is 0.400. The minimum absolute atomic E-state index is 0.202. The normalized spacial score (nSPS) is 14.6. The van der Waals surface area contributed by atoms with Gasteiger partial charge in [-0.2, -0.15) is 0 Å². The first-order valence-electron chi connectivity index (χ1n) is 4.60. The van der Waals surface area contributed by atoms with Gasteiger partial charge in [-0.25, -0.2) is 0 Å². The van der Waals surface area contributed by atoms with Crippen LogP contribution in [0.2, 0.25) is 0 Å². The van der Waals surface area contributed by atoms with Crippen molar-refractivity contribution in [3.8, 4) is 0 Å². The van der Waals surface area contributed by atoms with Crippen molar-refractivity contribution in [1.82, 2.24) is 0 Å². The summed E-state index contributed by atoms with van der Waals surface area (Å²) in [4.78, 5) is 0. The summed E-state index contributed by atoms with van der Waals surface area (Å²) in [5.41, 5.74) is 7.46. The molecule has 0 spiro atoms. The Labute approximate surface area is 106 Å². The van der Waals surface area contributed by atoms with Crippen LogP contribution >= 0.6 is 22.6 Å². The third-order valence-electron chi connectivity index (χ3n) is 1.88. The first-order valence-corrected chi connectivity index (χ1v) is 7.41. The highest BCUT2D eigenvalue weighted by Gasteiger charge is 2.06. The van der Waals surface area contributed by atoms with Crippen LogP contribution in [0.1, 0.15) is 6.92 Å². The molecule has 0 amide bonds. The van der Waals surface area contributed by atoms with Crippen molar-refractivity contribution >= 4 is 44.8 Å². The Morgan fingerprint density at radius 2 is 2.27 bits per heavy atom. The maximum atomic E-state index is 11.0. The van der Waals surface area contributed by atoms with Gasteiger partial charge in [-0.1, -0.05) is 0 Å². The molecule has 0 heterocycles. The zero-order chi connectivity index (χ0) is 11.4. The van der Waals surface area contributed by atoms with Crippen LogP contribution in [0.3, 0.4) is 0 Å². The number of anilines is 2. The minimum atomic E-state index is -0.770. The van der Waals surface area contributed by atoms with Gasteiger partial charge in [0.1, 0.15) is 0 Å². The van der Waals surface area contributed by atoms with Gasteiger partial charge < -0.3 is 11.1 Å². The molecule has 5 heteroatoms. The predicted octanol–water partition coefficient (Wildman–Crippen LogP) is 2.05. The number of hydrogen-bond acceptors (Lipinski definition) is 3. The number of halogens is 1. The maximum absolute atomic E-state index is 11.0. The SMILES string of the molecule is CC(CS(C)=O)Nc1ccc(N)cc1I. The Hall–Kier alpha value is -0.300. The van der Waals surface area contributed by atoms with E-state index in [1.54, 1.807) is 6.26 Å². The third-order valence-corrected chi connectivity index (χ3v) is 3.74. The molecule has 3 nitrogen and oxygen atoms in total. The largest absolute Gasteiger partial charge is 0.399 e. The summed E-state index contributed by atoms with van der Waals surface area (Å²) in [6.45, 7) is 2.02. The van der Waals surface area contributed by atoms with Crippen LogP contribution in [0.15, 0.2) is 18.2 Å². The molecule has 0 aliphatic carbocycles. The van der Waals surface area contributed by atoms with Gasteiger partial charge in [0.25, 0.3) is 0 Å². The number of rotatable bonds is 4. The lowest BCUT2D eigenvalue weighted by Gasteiger charge is -2.15. The van der Waals surface area contributed by atoms with Gasteiger partial charge in [0, 0.05) is 43.8 Å². The monoisotopic (exact) mass is 338 g/mol. The minimum Gasteiger partial charge on any atom is -0.399 e. The molecule has 0 fully saturated rings. The number of hydrogen-bond donors (Lipinski definition) is 2. The first kappa shape index (κ1) is 12.8. The zero-order valence-corrected chi connectivity index (χ0v) is 11.8. The van der Waals surface area contributed by atoms with Gasteiger partial charge in [0.2, 0.25) is 0 Å². The second-order valence-corrected chi connectivity index (χ2v) is 6.17. The molecule has 0 saturated carbocycles. The molecule has 1 rings (SSSR count). The molecule has 0 aliphatic rings. The summed E-state index contributed by atoms with van der Waals surface area (Å²) in [5.74, 6) is 0.653. The van der Waals surface area contributed by atoms with Crippen molar-refractivity contribution in [1.29, 1.82) is 0 Å². The smallest absolute Gasteiger partial charge is 0.0479 e. The van der Waals surface area contributed by atoms with E-state index in [0.717, 1.165) is 14.9 Å². The van der Waals surface area contributed by atoms with E-state index in [2.05, 4.69) is 27.9 Å². The highest BCUT2D eigenvalue weighted by molar-refractivity contribution is 14.1. The van der Waals surface area contributed by atoms with Gasteiger partial charge in [0.15, 0.2) is 0 Å². The molecule has 15 heavy (non-hydrogen) atoms. The Balaban J connectivity index is 2.68. The number of benzene rings is 1. The zero-order valence-electron chi connectivity index (χ0n) is 8.79. The second-order valence-electron chi connectivity index (χ2n) is 3.52. The average Bonchev–Trinajstić information content (AvgIpc) is 2.08. The highest BCUT2D eigenvalue weighted by atomic mass is 127. The van der Waals surface area contributed by atoms with E-state index in [0.29, 0.717) is 5.75 Å². The summed E-state index contributed by atoms with van der Waals surface area (Å²) < 4.78 is 12.1. The van der Waals surface area contributed by atoms with Gasteiger partial charge >= 0.3 is 0 Å².